The summed E-state index contributed by atoms with van der Waals surface area (Å²) >= 11 is 7.93. The number of nitrogens with one attached hydrogen (secondary N) is 2. The maximum absolute atomic E-state index is 13.2. The fraction of sp³-hybridized carbons (Fsp3) is 0. The molecule has 0 radical (unpaired) electrons. The van der Waals surface area contributed by atoms with Crippen LogP contribution in [-0.2, 0) is 0 Å². The van der Waals surface area contributed by atoms with Crippen LogP contribution in [0.15, 0.2) is 28.9 Å². The van der Waals surface area contributed by atoms with E-state index in [1.165, 1.54) is 18.3 Å². The van der Waals surface area contributed by atoms with E-state index in [1.54, 1.807) is 0 Å². The third kappa shape index (κ3) is 3.15. The first-order valence-electron chi connectivity index (χ1n) is 5.08. The number of amides is 1. The summed E-state index contributed by atoms with van der Waals surface area (Å²) in [7, 11) is 0. The predicted molar refractivity (Wildman–Crippen MR) is 76.5 cm³/mol. The van der Waals surface area contributed by atoms with Crippen molar-refractivity contribution in [3.05, 3.63) is 45.8 Å². The van der Waals surface area contributed by atoms with Crippen LogP contribution >= 0.6 is 28.1 Å². The topological polar surface area (TPSA) is 83.8 Å². The maximum atomic E-state index is 13.2. The summed E-state index contributed by atoms with van der Waals surface area (Å²) in [6, 6.07) is 3.87. The molecule has 0 aliphatic carbocycles. The van der Waals surface area contributed by atoms with Gasteiger partial charge in [0.1, 0.15) is 16.6 Å². The Kier molecular flexibility index (Phi) is 3.91. The van der Waals surface area contributed by atoms with Gasteiger partial charge < -0.3 is 11.1 Å². The lowest BCUT2D eigenvalue weighted by Crippen LogP contribution is -2.17. The Bertz CT molecular complexity index is 638. The maximum Gasteiger partial charge on any atom is 0.256 e. The number of nitrogens with zero attached hydrogens (tertiary/aromatic N) is 1. The number of hydrogen-bond acceptors (Lipinski definition) is 3. The molecular formula is C11H8BrFN4OS. The third-order valence-electron chi connectivity index (χ3n) is 2.27. The SMILES string of the molecule is NC(=S)c1cn[nH]c1NC(=O)c1cc(F)cc(Br)c1. The molecule has 0 atom stereocenters. The number of thiocarbonyl (C=S) groups is 1. The second-order valence-corrected chi connectivity index (χ2v) is 4.99. The van der Waals surface area contributed by atoms with Crippen LogP contribution in [0.2, 0.25) is 0 Å². The lowest BCUT2D eigenvalue weighted by atomic mass is 10.2. The molecule has 2 rings (SSSR count). The number of carbonyl (C=O) groups is 1. The van der Waals surface area contributed by atoms with Gasteiger partial charge in [0.25, 0.3) is 5.91 Å². The minimum absolute atomic E-state index is 0.101. The average molecular weight is 343 g/mol. The highest BCUT2D eigenvalue weighted by Gasteiger charge is 2.13. The van der Waals surface area contributed by atoms with Gasteiger partial charge >= 0.3 is 0 Å². The van der Waals surface area contributed by atoms with Crippen LogP contribution in [0.1, 0.15) is 15.9 Å². The van der Waals surface area contributed by atoms with Crippen molar-refractivity contribution in [1.82, 2.24) is 10.2 Å². The predicted octanol–water partition coefficient (Wildman–Crippen LogP) is 2.20. The van der Waals surface area contributed by atoms with Crippen molar-refractivity contribution in [1.29, 1.82) is 0 Å². The molecule has 0 spiro atoms. The molecule has 19 heavy (non-hydrogen) atoms. The van der Waals surface area contributed by atoms with E-state index in [0.717, 1.165) is 6.07 Å². The first-order chi connectivity index (χ1) is 8.97. The molecule has 0 fully saturated rings. The van der Waals surface area contributed by atoms with E-state index >= 15 is 0 Å². The lowest BCUT2D eigenvalue weighted by molar-refractivity contribution is 0.102. The number of benzene rings is 1. The number of anilines is 1. The van der Waals surface area contributed by atoms with E-state index in [4.69, 9.17) is 18.0 Å². The fourth-order valence-corrected chi connectivity index (χ4v) is 2.06. The largest absolute Gasteiger partial charge is 0.389 e. The molecule has 1 aromatic heterocycles. The standard InChI is InChI=1S/C11H8BrFN4OS/c12-6-1-5(2-7(13)3-6)11(18)16-10-8(9(14)19)4-15-17-10/h1-4H,(H2,14,19)(H2,15,16,17,18). The van der Waals surface area contributed by atoms with Gasteiger partial charge in [0.15, 0.2) is 0 Å². The average Bonchev–Trinajstić information content (AvgIpc) is 2.75. The summed E-state index contributed by atoms with van der Waals surface area (Å²) in [5.74, 6) is -0.737. The molecule has 0 aliphatic heterocycles. The normalized spacial score (nSPS) is 10.2. The van der Waals surface area contributed by atoms with E-state index in [-0.39, 0.29) is 16.4 Å². The van der Waals surface area contributed by atoms with Gasteiger partial charge in [-0.15, -0.1) is 0 Å². The number of rotatable bonds is 3. The van der Waals surface area contributed by atoms with Gasteiger partial charge in [-0.2, -0.15) is 5.10 Å². The summed E-state index contributed by atoms with van der Waals surface area (Å²) in [6.45, 7) is 0. The van der Waals surface area contributed by atoms with E-state index in [0.29, 0.717) is 10.0 Å². The molecule has 0 saturated carbocycles. The van der Waals surface area contributed by atoms with Crippen molar-refractivity contribution in [2.75, 3.05) is 5.32 Å². The number of aromatic amines is 1. The molecule has 1 heterocycles. The summed E-state index contributed by atoms with van der Waals surface area (Å²) in [4.78, 5) is 12.1. The van der Waals surface area contributed by atoms with Crippen molar-refractivity contribution in [2.45, 2.75) is 0 Å². The minimum Gasteiger partial charge on any atom is -0.389 e. The number of nitrogens with two attached hydrogens (primary N) is 1. The summed E-state index contributed by atoms with van der Waals surface area (Å²) in [5, 5.41) is 8.83. The molecule has 1 aromatic carbocycles. The lowest BCUT2D eigenvalue weighted by Gasteiger charge is -2.05. The van der Waals surface area contributed by atoms with Crippen molar-refractivity contribution < 1.29 is 9.18 Å². The first-order valence-corrected chi connectivity index (χ1v) is 6.28. The molecule has 4 N–H and O–H groups in total. The molecular weight excluding hydrogens is 335 g/mol. The van der Waals surface area contributed by atoms with E-state index in [2.05, 4.69) is 31.4 Å². The Labute approximate surface area is 121 Å². The summed E-state index contributed by atoms with van der Waals surface area (Å²) in [6.07, 6.45) is 1.40. The van der Waals surface area contributed by atoms with Crippen LogP contribution in [-0.4, -0.2) is 21.1 Å². The van der Waals surface area contributed by atoms with Crippen LogP contribution in [0.25, 0.3) is 0 Å². The van der Waals surface area contributed by atoms with Gasteiger partial charge in [-0.1, -0.05) is 28.1 Å². The Morgan fingerprint density at radius 3 is 2.84 bits per heavy atom. The number of H-pyrrole nitrogens is 1. The summed E-state index contributed by atoms with van der Waals surface area (Å²) in [5.41, 5.74) is 6.05. The number of halogens is 2. The van der Waals surface area contributed by atoms with Crippen molar-refractivity contribution in [3.8, 4) is 0 Å². The Morgan fingerprint density at radius 1 is 1.47 bits per heavy atom. The second kappa shape index (κ2) is 5.45. The molecule has 8 heteroatoms. The van der Waals surface area contributed by atoms with Gasteiger partial charge in [-0.25, -0.2) is 4.39 Å². The molecule has 0 saturated heterocycles. The number of carbonyl (C=O) groups excluding carboxylic acids is 1. The highest BCUT2D eigenvalue weighted by molar-refractivity contribution is 9.10. The van der Waals surface area contributed by atoms with E-state index in [9.17, 15) is 9.18 Å². The van der Waals surface area contributed by atoms with Gasteiger partial charge in [-0.05, 0) is 18.2 Å². The molecule has 0 bridgehead atoms. The number of hydrogen-bond donors (Lipinski definition) is 3. The van der Waals surface area contributed by atoms with Gasteiger partial charge in [0, 0.05) is 10.0 Å². The molecule has 0 aliphatic rings. The van der Waals surface area contributed by atoms with E-state index in [1.807, 2.05) is 0 Å². The Morgan fingerprint density at radius 2 is 2.21 bits per heavy atom. The van der Waals surface area contributed by atoms with Crippen molar-refractivity contribution in [3.63, 3.8) is 0 Å². The highest BCUT2D eigenvalue weighted by Crippen LogP contribution is 2.17. The monoisotopic (exact) mass is 342 g/mol. The zero-order valence-electron chi connectivity index (χ0n) is 9.41. The highest BCUT2D eigenvalue weighted by atomic mass is 79.9. The molecule has 5 nitrogen and oxygen atoms in total. The molecule has 98 valence electrons. The quantitative estimate of drug-likeness (QED) is 0.746. The smallest absolute Gasteiger partial charge is 0.256 e. The molecule has 0 unspecified atom stereocenters. The zero-order chi connectivity index (χ0) is 14.0. The first kappa shape index (κ1) is 13.6. The zero-order valence-corrected chi connectivity index (χ0v) is 11.8. The van der Waals surface area contributed by atoms with Gasteiger partial charge in [-0.3, -0.25) is 9.89 Å². The Balaban J connectivity index is 2.25. The van der Waals surface area contributed by atoms with Crippen LogP contribution in [0.4, 0.5) is 10.2 Å². The Hall–Kier alpha value is -1.80. The van der Waals surface area contributed by atoms with Crippen LogP contribution in [0.3, 0.4) is 0 Å². The molecule has 2 aromatic rings. The van der Waals surface area contributed by atoms with Gasteiger partial charge in [0.2, 0.25) is 0 Å². The molecule has 1 amide bonds. The van der Waals surface area contributed by atoms with Gasteiger partial charge in [0.05, 0.1) is 11.8 Å². The van der Waals surface area contributed by atoms with Crippen molar-refractivity contribution in [2.24, 2.45) is 5.73 Å². The summed E-state index contributed by atoms with van der Waals surface area (Å²) < 4.78 is 13.7. The second-order valence-electron chi connectivity index (χ2n) is 3.64. The van der Waals surface area contributed by atoms with Crippen LogP contribution in [0, 0.1) is 5.82 Å². The third-order valence-corrected chi connectivity index (χ3v) is 2.95. The minimum atomic E-state index is -0.515. The fourth-order valence-electron chi connectivity index (χ4n) is 1.44. The van der Waals surface area contributed by atoms with Crippen LogP contribution < -0.4 is 11.1 Å². The van der Waals surface area contributed by atoms with Crippen LogP contribution in [0.5, 0.6) is 0 Å². The van der Waals surface area contributed by atoms with E-state index < -0.39 is 11.7 Å². The number of aromatic nitrogens is 2. The van der Waals surface area contributed by atoms with Crippen molar-refractivity contribution >= 4 is 44.9 Å².